The van der Waals surface area contributed by atoms with Gasteiger partial charge in [0.1, 0.15) is 0 Å². The van der Waals surface area contributed by atoms with Crippen LogP contribution in [0.15, 0.2) is 12.2 Å². The lowest BCUT2D eigenvalue weighted by Crippen LogP contribution is -2.14. The Morgan fingerprint density at radius 1 is 1.40 bits per heavy atom. The van der Waals surface area contributed by atoms with Gasteiger partial charge >= 0.3 is 0 Å². The molecule has 0 bridgehead atoms. The van der Waals surface area contributed by atoms with Gasteiger partial charge in [-0.2, -0.15) is 0 Å². The maximum absolute atomic E-state index is 10.9. The smallest absolute Gasteiger partial charge is 0.265 e. The predicted octanol–water partition coefficient (Wildman–Crippen LogP) is 3.06. The topological polar surface area (TPSA) is 51.4 Å². The van der Waals surface area contributed by atoms with Gasteiger partial charge in [0, 0.05) is 5.57 Å². The molecule has 0 saturated carbocycles. The van der Waals surface area contributed by atoms with Gasteiger partial charge in [0.25, 0.3) is 5.91 Å². The number of hydrogen-bond donors (Lipinski definition) is 1. The summed E-state index contributed by atoms with van der Waals surface area (Å²) >= 11 is 0. The Morgan fingerprint density at radius 2 is 2.07 bits per heavy atom. The summed E-state index contributed by atoms with van der Waals surface area (Å²) in [6.45, 7) is 7.96. The molecule has 1 radical (unpaired) electrons. The molecule has 0 aliphatic heterocycles. The molecule has 0 heterocycles. The second kappa shape index (κ2) is 8.48. The third-order valence-corrected chi connectivity index (χ3v) is 2.79. The van der Waals surface area contributed by atoms with Crippen LogP contribution in [-0.4, -0.2) is 11.1 Å². The van der Waals surface area contributed by atoms with Crippen molar-refractivity contribution < 1.29 is 10.0 Å². The Hall–Kier alpha value is -0.830. The number of hydroxylamine groups is 1. The van der Waals surface area contributed by atoms with Crippen LogP contribution in [0, 0.1) is 5.92 Å². The third kappa shape index (κ3) is 6.28. The molecule has 1 atom stereocenters. The van der Waals surface area contributed by atoms with E-state index in [4.69, 9.17) is 5.21 Å². The molecular weight excluding hydrogens is 190 g/mol. The van der Waals surface area contributed by atoms with Crippen molar-refractivity contribution >= 4 is 5.91 Å². The zero-order valence-electron chi connectivity index (χ0n) is 9.83. The van der Waals surface area contributed by atoms with Gasteiger partial charge in [-0.1, -0.05) is 51.6 Å². The largest absolute Gasteiger partial charge is 0.295 e. The molecular formula is C12H22NO2. The van der Waals surface area contributed by atoms with E-state index in [9.17, 15) is 4.79 Å². The normalized spacial score (nSPS) is 12.2. The van der Waals surface area contributed by atoms with E-state index in [-0.39, 0.29) is 0 Å². The fourth-order valence-corrected chi connectivity index (χ4v) is 1.60. The van der Waals surface area contributed by atoms with Crippen molar-refractivity contribution in [1.82, 2.24) is 5.48 Å². The van der Waals surface area contributed by atoms with Crippen molar-refractivity contribution in [3.05, 3.63) is 12.2 Å². The molecule has 87 valence electrons. The first-order valence-electron chi connectivity index (χ1n) is 5.72. The van der Waals surface area contributed by atoms with Crippen molar-refractivity contribution in [2.24, 2.45) is 5.92 Å². The van der Waals surface area contributed by atoms with E-state index in [0.717, 1.165) is 12.8 Å². The summed E-state index contributed by atoms with van der Waals surface area (Å²) in [5.41, 5.74) is 3.03. The minimum absolute atomic E-state index is 0.410. The SMILES string of the molecule is C=C(CCC(CC)CCCC)C(=O)[N]O. The first kappa shape index (κ1) is 14.2. The highest BCUT2D eigenvalue weighted by atomic mass is 16.5. The molecule has 0 aliphatic carbocycles. The molecule has 3 nitrogen and oxygen atoms in total. The number of hydrogen-bond acceptors (Lipinski definition) is 2. The number of carbonyl (C=O) groups is 1. The Bertz CT molecular complexity index is 202. The summed E-state index contributed by atoms with van der Waals surface area (Å²) in [5.74, 6) is 0.0773. The first-order chi connectivity index (χ1) is 7.15. The van der Waals surface area contributed by atoms with Crippen LogP contribution in [0.1, 0.15) is 52.4 Å². The van der Waals surface area contributed by atoms with Crippen LogP contribution in [0.3, 0.4) is 0 Å². The summed E-state index contributed by atoms with van der Waals surface area (Å²) in [6.07, 6.45) is 6.41. The average molecular weight is 212 g/mol. The molecule has 0 aromatic carbocycles. The second-order valence-corrected chi connectivity index (χ2v) is 3.96. The van der Waals surface area contributed by atoms with Crippen LogP contribution in [0.2, 0.25) is 0 Å². The summed E-state index contributed by atoms with van der Waals surface area (Å²) in [5, 5.41) is 8.28. The number of carbonyl (C=O) groups excluding carboxylic acids is 1. The Balaban J connectivity index is 3.79. The lowest BCUT2D eigenvalue weighted by atomic mass is 9.92. The first-order valence-corrected chi connectivity index (χ1v) is 5.72. The highest BCUT2D eigenvalue weighted by Gasteiger charge is 2.11. The lowest BCUT2D eigenvalue weighted by molar-refractivity contribution is -0.126. The molecule has 0 rings (SSSR count). The third-order valence-electron chi connectivity index (χ3n) is 2.79. The molecule has 1 unspecified atom stereocenters. The van der Waals surface area contributed by atoms with E-state index >= 15 is 0 Å². The average Bonchev–Trinajstić information content (AvgIpc) is 2.27. The van der Waals surface area contributed by atoms with E-state index in [0.29, 0.717) is 17.9 Å². The van der Waals surface area contributed by atoms with Crippen molar-refractivity contribution in [3.63, 3.8) is 0 Å². The number of rotatable bonds is 8. The molecule has 0 spiro atoms. The Kier molecular flexibility index (Phi) is 8.01. The van der Waals surface area contributed by atoms with E-state index in [1.54, 1.807) is 0 Å². The van der Waals surface area contributed by atoms with Crippen LogP contribution < -0.4 is 5.48 Å². The van der Waals surface area contributed by atoms with E-state index in [1.165, 1.54) is 19.3 Å². The van der Waals surface area contributed by atoms with Crippen molar-refractivity contribution in [2.45, 2.75) is 52.4 Å². The maximum Gasteiger partial charge on any atom is 0.295 e. The zero-order valence-corrected chi connectivity index (χ0v) is 9.83. The Labute approximate surface area is 92.5 Å². The monoisotopic (exact) mass is 212 g/mol. The summed E-state index contributed by atoms with van der Waals surface area (Å²) in [6, 6.07) is 0. The van der Waals surface area contributed by atoms with Gasteiger partial charge in [0.2, 0.25) is 0 Å². The van der Waals surface area contributed by atoms with Crippen LogP contribution in [0.5, 0.6) is 0 Å². The van der Waals surface area contributed by atoms with Crippen LogP contribution >= 0.6 is 0 Å². The summed E-state index contributed by atoms with van der Waals surface area (Å²) in [7, 11) is 0. The molecule has 1 N–H and O–H groups in total. The van der Waals surface area contributed by atoms with Crippen molar-refractivity contribution in [2.75, 3.05) is 0 Å². The molecule has 0 fully saturated rings. The van der Waals surface area contributed by atoms with Gasteiger partial charge in [-0.05, 0) is 18.8 Å². The van der Waals surface area contributed by atoms with Gasteiger partial charge in [-0.25, -0.2) is 0 Å². The van der Waals surface area contributed by atoms with Gasteiger partial charge < -0.3 is 0 Å². The van der Waals surface area contributed by atoms with E-state index < -0.39 is 5.91 Å². The molecule has 3 heteroatoms. The van der Waals surface area contributed by atoms with Crippen molar-refractivity contribution in [3.8, 4) is 0 Å². The Morgan fingerprint density at radius 3 is 2.53 bits per heavy atom. The van der Waals surface area contributed by atoms with Gasteiger partial charge in [-0.15, -0.1) is 0 Å². The molecule has 0 aliphatic rings. The molecule has 15 heavy (non-hydrogen) atoms. The minimum Gasteiger partial charge on any atom is -0.265 e. The van der Waals surface area contributed by atoms with Gasteiger partial charge in [0.05, 0.1) is 0 Å². The highest BCUT2D eigenvalue weighted by molar-refractivity contribution is 5.91. The summed E-state index contributed by atoms with van der Waals surface area (Å²) < 4.78 is 0. The van der Waals surface area contributed by atoms with E-state index in [2.05, 4.69) is 25.9 Å². The van der Waals surface area contributed by atoms with Gasteiger partial charge in [0.15, 0.2) is 0 Å². The maximum atomic E-state index is 10.9. The van der Waals surface area contributed by atoms with Crippen LogP contribution in [0.25, 0.3) is 0 Å². The number of unbranched alkanes of at least 4 members (excludes halogenated alkanes) is 1. The standard InChI is InChI=1S/C12H22NO2/c1-4-6-7-11(5-2)9-8-10(3)12(14)13-15/h11,15H,3-9H2,1-2H3. The van der Waals surface area contributed by atoms with Crippen LogP contribution in [-0.2, 0) is 4.79 Å². The number of nitrogens with zero attached hydrogens (tertiary/aromatic N) is 1. The molecule has 0 saturated heterocycles. The summed E-state index contributed by atoms with van der Waals surface area (Å²) in [4.78, 5) is 10.9. The number of amides is 1. The predicted molar refractivity (Wildman–Crippen MR) is 60.6 cm³/mol. The quantitative estimate of drug-likeness (QED) is 0.382. The molecule has 0 aromatic heterocycles. The van der Waals surface area contributed by atoms with Crippen molar-refractivity contribution in [1.29, 1.82) is 0 Å². The van der Waals surface area contributed by atoms with Crippen LogP contribution in [0.4, 0.5) is 0 Å². The molecule has 1 amide bonds. The van der Waals surface area contributed by atoms with E-state index in [1.807, 2.05) is 0 Å². The fraction of sp³-hybridized carbons (Fsp3) is 0.750. The fourth-order valence-electron chi connectivity index (χ4n) is 1.60. The molecule has 0 aromatic rings. The highest BCUT2D eigenvalue weighted by Crippen LogP contribution is 2.20. The lowest BCUT2D eigenvalue weighted by Gasteiger charge is -2.13. The zero-order chi connectivity index (χ0) is 11.7. The van der Waals surface area contributed by atoms with Gasteiger partial charge in [-0.3, -0.25) is 10.0 Å². The minimum atomic E-state index is -0.583. The second-order valence-electron chi connectivity index (χ2n) is 3.96.